The summed E-state index contributed by atoms with van der Waals surface area (Å²) in [4.78, 5) is 27.7. The highest BCUT2D eigenvalue weighted by Crippen LogP contribution is 2.20. The molecule has 3 aromatic rings. The summed E-state index contributed by atoms with van der Waals surface area (Å²) in [5, 5.41) is 3.97. The number of hydrogen-bond donors (Lipinski definition) is 2. The van der Waals surface area contributed by atoms with Gasteiger partial charge < -0.3 is 11.5 Å². The normalized spacial score (nSPS) is 11.2. The van der Waals surface area contributed by atoms with Gasteiger partial charge in [-0.2, -0.15) is 5.10 Å². The van der Waals surface area contributed by atoms with Gasteiger partial charge in [0.2, 0.25) is 5.91 Å². The van der Waals surface area contributed by atoms with E-state index in [1.54, 1.807) is 12.3 Å². The van der Waals surface area contributed by atoms with Gasteiger partial charge >= 0.3 is 5.69 Å². The number of nitrogens with zero attached hydrogens (tertiary/aromatic N) is 4. The minimum atomic E-state index is -0.441. The van der Waals surface area contributed by atoms with Crippen LogP contribution in [0.4, 0.5) is 4.39 Å². The summed E-state index contributed by atoms with van der Waals surface area (Å²) in [6.45, 7) is -0.0183. The molecule has 0 saturated carbocycles. The summed E-state index contributed by atoms with van der Waals surface area (Å²) in [5.74, 6) is 0.00854. The number of rotatable bonds is 7. The Bertz CT molecular complexity index is 1060. The highest BCUT2D eigenvalue weighted by molar-refractivity contribution is 5.85. The third-order valence-corrected chi connectivity index (χ3v) is 4.16. The third-order valence-electron chi connectivity index (χ3n) is 4.16. The van der Waals surface area contributed by atoms with Crippen LogP contribution in [0.5, 0.6) is 0 Å². The highest BCUT2D eigenvalue weighted by atomic mass is 35.5. The van der Waals surface area contributed by atoms with Gasteiger partial charge in [-0.05, 0) is 28.8 Å². The maximum absolute atomic E-state index is 12.7. The van der Waals surface area contributed by atoms with Gasteiger partial charge in [-0.3, -0.25) is 4.79 Å². The number of halogens is 2. The van der Waals surface area contributed by atoms with Crippen LogP contribution in [0.1, 0.15) is 5.56 Å². The molecule has 0 unspecified atom stereocenters. The molecule has 3 rings (SSSR count). The van der Waals surface area contributed by atoms with Crippen LogP contribution in [0.3, 0.4) is 0 Å². The fraction of sp³-hybridized carbons (Fsp3) is 0.158. The Morgan fingerprint density at radius 3 is 2.38 bits per heavy atom. The zero-order valence-electron chi connectivity index (χ0n) is 15.4. The van der Waals surface area contributed by atoms with Gasteiger partial charge in [0.15, 0.2) is 0 Å². The molecule has 0 aliphatic carbocycles. The molecule has 0 radical (unpaired) electrons. The van der Waals surface area contributed by atoms with Gasteiger partial charge in [0.25, 0.3) is 0 Å². The fourth-order valence-electron chi connectivity index (χ4n) is 2.65. The maximum Gasteiger partial charge on any atom is 0.351 e. The summed E-state index contributed by atoms with van der Waals surface area (Å²) in [6, 6.07) is 10.9. The molecule has 0 atom stereocenters. The van der Waals surface area contributed by atoms with Crippen LogP contribution in [0.25, 0.3) is 16.9 Å². The number of hydrogen-bond acceptors (Lipinski definition) is 5. The monoisotopic (exact) mass is 418 g/mol. The third kappa shape index (κ3) is 5.15. The van der Waals surface area contributed by atoms with Gasteiger partial charge in [-0.25, -0.2) is 23.4 Å². The van der Waals surface area contributed by atoms with Crippen LogP contribution in [0, 0.1) is 0 Å². The first-order valence-electron chi connectivity index (χ1n) is 8.48. The van der Waals surface area contributed by atoms with E-state index in [0.29, 0.717) is 12.1 Å². The Balaban J connectivity index is 0.00000300. The number of amides is 1. The molecule has 0 aliphatic heterocycles. The Kier molecular flexibility index (Phi) is 7.40. The number of carbonyl (C=O) groups excluding carboxylic acids is 1. The van der Waals surface area contributed by atoms with Crippen molar-refractivity contribution in [2.45, 2.75) is 13.0 Å². The minimum Gasteiger partial charge on any atom is -0.369 e. The Morgan fingerprint density at radius 2 is 1.83 bits per heavy atom. The lowest BCUT2D eigenvalue weighted by molar-refractivity contribution is -0.117. The first-order chi connectivity index (χ1) is 13.5. The first kappa shape index (κ1) is 22.0. The Morgan fingerprint density at radius 1 is 1.14 bits per heavy atom. The fourth-order valence-corrected chi connectivity index (χ4v) is 2.65. The lowest BCUT2D eigenvalue weighted by atomic mass is 10.0. The molecule has 8 nitrogen and oxygen atoms in total. The van der Waals surface area contributed by atoms with E-state index in [1.165, 1.54) is 10.9 Å². The molecule has 0 spiro atoms. The van der Waals surface area contributed by atoms with E-state index in [0.717, 1.165) is 21.4 Å². The van der Waals surface area contributed by atoms with E-state index in [9.17, 15) is 14.0 Å². The average molecular weight is 419 g/mol. The minimum absolute atomic E-state index is 0. The molecule has 29 heavy (non-hydrogen) atoms. The van der Waals surface area contributed by atoms with Crippen molar-refractivity contribution in [3.05, 3.63) is 76.9 Å². The van der Waals surface area contributed by atoms with E-state index in [2.05, 4.69) is 10.1 Å². The van der Waals surface area contributed by atoms with Crippen molar-refractivity contribution in [3.63, 3.8) is 0 Å². The van der Waals surface area contributed by atoms with Gasteiger partial charge in [0.1, 0.15) is 12.1 Å². The van der Waals surface area contributed by atoms with Crippen molar-refractivity contribution in [1.29, 1.82) is 0 Å². The number of primary amides is 1. The number of carbonyl (C=O) groups is 1. The molecule has 1 aromatic carbocycles. The summed E-state index contributed by atoms with van der Waals surface area (Å²) < 4.78 is 15.1. The van der Waals surface area contributed by atoms with Gasteiger partial charge in [-0.15, -0.1) is 12.4 Å². The molecule has 152 valence electrons. The molecule has 2 heterocycles. The maximum atomic E-state index is 12.7. The standard InChI is InChI=1S/C19H19FN6O2.ClH/c20-8-14(9-21)11-26-19(28)25(12-24-26)18-6-5-16(10-23-18)15-3-1-13(2-4-15)7-17(22)27;/h1-6,8,10,12H,7,9,11,21H2,(H2,22,27);1H/b14-8-;. The second-order valence-corrected chi connectivity index (χ2v) is 6.16. The molecule has 0 aliphatic rings. The summed E-state index contributed by atoms with van der Waals surface area (Å²) in [6.07, 6.45) is 3.53. The van der Waals surface area contributed by atoms with Crippen molar-refractivity contribution < 1.29 is 9.18 Å². The molecule has 10 heteroatoms. The zero-order valence-corrected chi connectivity index (χ0v) is 16.2. The zero-order chi connectivity index (χ0) is 20.1. The quantitative estimate of drug-likeness (QED) is 0.599. The molecule has 2 aromatic heterocycles. The summed E-state index contributed by atoms with van der Waals surface area (Å²) in [7, 11) is 0. The van der Waals surface area contributed by atoms with E-state index >= 15 is 0 Å². The second-order valence-electron chi connectivity index (χ2n) is 6.16. The van der Waals surface area contributed by atoms with Crippen LogP contribution in [0.15, 0.2) is 65.6 Å². The van der Waals surface area contributed by atoms with Gasteiger partial charge in [0, 0.05) is 18.3 Å². The number of benzene rings is 1. The first-order valence-corrected chi connectivity index (χ1v) is 8.48. The smallest absolute Gasteiger partial charge is 0.351 e. The summed E-state index contributed by atoms with van der Waals surface area (Å²) in [5.41, 5.74) is 13.0. The van der Waals surface area contributed by atoms with E-state index in [1.807, 2.05) is 30.3 Å². The van der Waals surface area contributed by atoms with Crippen molar-refractivity contribution in [3.8, 4) is 16.9 Å². The molecule has 0 fully saturated rings. The van der Waals surface area contributed by atoms with Crippen molar-refractivity contribution in [1.82, 2.24) is 19.3 Å². The number of pyridine rings is 1. The van der Waals surface area contributed by atoms with E-state index in [-0.39, 0.29) is 43.4 Å². The molecular weight excluding hydrogens is 399 g/mol. The highest BCUT2D eigenvalue weighted by Gasteiger charge is 2.10. The lowest BCUT2D eigenvalue weighted by Gasteiger charge is -2.05. The SMILES string of the molecule is Cl.NC/C(=C/F)Cn1ncn(-c2ccc(-c3ccc(CC(N)=O)cc3)cn2)c1=O. The molecule has 1 amide bonds. The van der Waals surface area contributed by atoms with Crippen LogP contribution in [-0.4, -0.2) is 31.8 Å². The van der Waals surface area contributed by atoms with Crippen molar-refractivity contribution in [2.24, 2.45) is 11.5 Å². The molecule has 4 N–H and O–H groups in total. The lowest BCUT2D eigenvalue weighted by Crippen LogP contribution is -2.26. The molecule has 0 bridgehead atoms. The topological polar surface area (TPSA) is 122 Å². The van der Waals surface area contributed by atoms with Crippen LogP contribution < -0.4 is 17.2 Å². The van der Waals surface area contributed by atoms with E-state index < -0.39 is 5.69 Å². The average Bonchev–Trinajstić information content (AvgIpc) is 3.06. The van der Waals surface area contributed by atoms with Crippen molar-refractivity contribution in [2.75, 3.05) is 6.54 Å². The number of aromatic nitrogens is 4. The van der Waals surface area contributed by atoms with Gasteiger partial charge in [0.05, 0.1) is 19.3 Å². The van der Waals surface area contributed by atoms with Crippen LogP contribution in [-0.2, 0) is 17.8 Å². The Labute approximate surface area is 172 Å². The number of nitrogens with two attached hydrogens (primary N) is 2. The van der Waals surface area contributed by atoms with Crippen molar-refractivity contribution >= 4 is 18.3 Å². The predicted octanol–water partition coefficient (Wildman–Crippen LogP) is 1.36. The summed E-state index contributed by atoms with van der Waals surface area (Å²) >= 11 is 0. The second kappa shape index (κ2) is 9.76. The largest absolute Gasteiger partial charge is 0.369 e. The van der Waals surface area contributed by atoms with E-state index in [4.69, 9.17) is 11.5 Å². The predicted molar refractivity (Wildman–Crippen MR) is 109 cm³/mol. The molecule has 0 saturated heterocycles. The van der Waals surface area contributed by atoms with Crippen LogP contribution in [0.2, 0.25) is 0 Å². The van der Waals surface area contributed by atoms with Gasteiger partial charge in [-0.1, -0.05) is 24.3 Å². The van der Waals surface area contributed by atoms with Crippen LogP contribution >= 0.6 is 12.4 Å². The Hall–Kier alpha value is -3.30. The molecular formula is C19H20ClFN6O2.